The van der Waals surface area contributed by atoms with E-state index in [1.165, 1.54) is 0 Å². The molecule has 0 aromatic heterocycles. The van der Waals surface area contributed by atoms with E-state index >= 15 is 0 Å². The summed E-state index contributed by atoms with van der Waals surface area (Å²) in [6, 6.07) is 0. The average molecular weight is 152 g/mol. The molecule has 1 N–H and O–H groups in total. The highest BCUT2D eigenvalue weighted by Gasteiger charge is 2.11. The van der Waals surface area contributed by atoms with Crippen molar-refractivity contribution in [2.75, 3.05) is 0 Å². The molecule has 11 heavy (non-hydrogen) atoms. The highest BCUT2D eigenvalue weighted by molar-refractivity contribution is 5.73. The lowest BCUT2D eigenvalue weighted by atomic mass is 10.0. The summed E-state index contributed by atoms with van der Waals surface area (Å²) < 4.78 is 0. The van der Waals surface area contributed by atoms with E-state index in [0.29, 0.717) is 5.57 Å². The van der Waals surface area contributed by atoms with Crippen LogP contribution in [0.2, 0.25) is 0 Å². The Morgan fingerprint density at radius 2 is 2.18 bits per heavy atom. The molecule has 0 amide bonds. The van der Waals surface area contributed by atoms with Crippen molar-refractivity contribution in [3.8, 4) is 0 Å². The van der Waals surface area contributed by atoms with Crippen molar-refractivity contribution in [1.29, 1.82) is 0 Å². The van der Waals surface area contributed by atoms with Crippen LogP contribution < -0.4 is 0 Å². The fraction of sp³-hybridized carbons (Fsp3) is 0.222. The Balaban J connectivity index is 4.14. The van der Waals surface area contributed by atoms with Crippen LogP contribution in [0.3, 0.4) is 0 Å². The molecule has 0 radical (unpaired) electrons. The van der Waals surface area contributed by atoms with Gasteiger partial charge in [-0.05, 0) is 12.5 Å². The second kappa shape index (κ2) is 4.50. The van der Waals surface area contributed by atoms with Crippen molar-refractivity contribution in [3.05, 3.63) is 37.0 Å². The van der Waals surface area contributed by atoms with Gasteiger partial charge in [-0.1, -0.05) is 31.4 Å². The molecule has 0 aromatic rings. The van der Waals surface area contributed by atoms with Crippen molar-refractivity contribution < 1.29 is 9.90 Å². The molecular weight excluding hydrogens is 140 g/mol. The predicted molar refractivity (Wildman–Crippen MR) is 45.3 cm³/mol. The van der Waals surface area contributed by atoms with Crippen LogP contribution in [0.25, 0.3) is 0 Å². The van der Waals surface area contributed by atoms with Crippen LogP contribution in [0.5, 0.6) is 0 Å². The van der Waals surface area contributed by atoms with Gasteiger partial charge in [0.05, 0.1) is 5.92 Å². The Labute approximate surface area is 66.5 Å². The van der Waals surface area contributed by atoms with Gasteiger partial charge in [-0.3, -0.25) is 4.79 Å². The molecule has 0 saturated heterocycles. The van der Waals surface area contributed by atoms with Gasteiger partial charge in [0, 0.05) is 0 Å². The molecule has 0 aliphatic heterocycles. The van der Waals surface area contributed by atoms with Crippen molar-refractivity contribution in [3.63, 3.8) is 0 Å². The van der Waals surface area contributed by atoms with Gasteiger partial charge < -0.3 is 5.11 Å². The molecule has 60 valence electrons. The van der Waals surface area contributed by atoms with Gasteiger partial charge in [-0.15, -0.1) is 0 Å². The molecule has 0 aliphatic carbocycles. The first kappa shape index (κ1) is 9.69. The Hall–Kier alpha value is -1.31. The van der Waals surface area contributed by atoms with Gasteiger partial charge in [0.1, 0.15) is 0 Å². The Kier molecular flexibility index (Phi) is 3.96. The molecule has 0 aromatic carbocycles. The standard InChI is InChI=1S/C9H12O2/c1-4-5-6-7(2)8(3)9(10)11/h4-6,8H,1-2H2,3H3,(H,10,11). The Morgan fingerprint density at radius 1 is 1.64 bits per heavy atom. The summed E-state index contributed by atoms with van der Waals surface area (Å²) in [7, 11) is 0. The topological polar surface area (TPSA) is 37.3 Å². The quantitative estimate of drug-likeness (QED) is 0.625. The highest BCUT2D eigenvalue weighted by Crippen LogP contribution is 2.09. The minimum atomic E-state index is -0.858. The molecule has 0 spiro atoms. The van der Waals surface area contributed by atoms with Gasteiger partial charge in [-0.2, -0.15) is 0 Å². The lowest BCUT2D eigenvalue weighted by Gasteiger charge is -2.03. The van der Waals surface area contributed by atoms with Crippen LogP contribution in [0.15, 0.2) is 37.0 Å². The van der Waals surface area contributed by atoms with Gasteiger partial charge in [0.25, 0.3) is 0 Å². The number of carboxylic acid groups (broad SMARTS) is 1. The summed E-state index contributed by atoms with van der Waals surface area (Å²) in [5.41, 5.74) is 0.581. The Morgan fingerprint density at radius 3 is 2.55 bits per heavy atom. The summed E-state index contributed by atoms with van der Waals surface area (Å²) in [6.45, 7) is 8.65. The molecule has 2 nitrogen and oxygen atoms in total. The van der Waals surface area contributed by atoms with Gasteiger partial charge in [0.15, 0.2) is 0 Å². The molecular formula is C9H12O2. The van der Waals surface area contributed by atoms with E-state index in [-0.39, 0.29) is 0 Å². The number of allylic oxidation sites excluding steroid dienone is 3. The van der Waals surface area contributed by atoms with E-state index in [9.17, 15) is 4.79 Å². The summed E-state index contributed by atoms with van der Waals surface area (Å²) in [4.78, 5) is 10.4. The summed E-state index contributed by atoms with van der Waals surface area (Å²) in [5, 5.41) is 8.53. The summed E-state index contributed by atoms with van der Waals surface area (Å²) in [6.07, 6.45) is 4.90. The SMILES string of the molecule is C=CC=CC(=C)C(C)C(=O)O. The third-order valence-electron chi connectivity index (χ3n) is 1.37. The van der Waals surface area contributed by atoms with Crippen molar-refractivity contribution in [2.24, 2.45) is 5.92 Å². The number of carboxylic acids is 1. The average Bonchev–Trinajstić information content (AvgIpc) is 1.98. The van der Waals surface area contributed by atoms with Crippen LogP contribution in [0.1, 0.15) is 6.92 Å². The zero-order chi connectivity index (χ0) is 8.85. The molecule has 0 rings (SSSR count). The number of carbonyl (C=O) groups is 1. The van der Waals surface area contributed by atoms with Crippen molar-refractivity contribution in [1.82, 2.24) is 0 Å². The predicted octanol–water partition coefficient (Wildman–Crippen LogP) is 2.01. The van der Waals surface area contributed by atoms with E-state index in [2.05, 4.69) is 13.2 Å². The Bertz CT molecular complexity index is 202. The summed E-state index contributed by atoms with van der Waals surface area (Å²) >= 11 is 0. The smallest absolute Gasteiger partial charge is 0.310 e. The largest absolute Gasteiger partial charge is 0.481 e. The zero-order valence-electron chi connectivity index (χ0n) is 6.58. The molecule has 1 unspecified atom stereocenters. The molecule has 0 saturated carbocycles. The number of hydrogen-bond donors (Lipinski definition) is 1. The molecule has 1 atom stereocenters. The van der Waals surface area contributed by atoms with Crippen LogP contribution in [-0.4, -0.2) is 11.1 Å². The normalized spacial score (nSPS) is 12.8. The number of aliphatic carboxylic acids is 1. The third kappa shape index (κ3) is 3.40. The lowest BCUT2D eigenvalue weighted by Crippen LogP contribution is -2.10. The maximum Gasteiger partial charge on any atom is 0.310 e. The fourth-order valence-electron chi connectivity index (χ4n) is 0.495. The maximum absolute atomic E-state index is 10.4. The van der Waals surface area contributed by atoms with E-state index in [1.54, 1.807) is 25.2 Å². The molecule has 2 heteroatoms. The molecule has 0 heterocycles. The van der Waals surface area contributed by atoms with Crippen LogP contribution in [0.4, 0.5) is 0 Å². The van der Waals surface area contributed by atoms with Crippen LogP contribution >= 0.6 is 0 Å². The maximum atomic E-state index is 10.4. The van der Waals surface area contributed by atoms with E-state index in [1.807, 2.05) is 0 Å². The van der Waals surface area contributed by atoms with E-state index in [0.717, 1.165) is 0 Å². The molecule has 0 aliphatic rings. The first-order valence-corrected chi connectivity index (χ1v) is 3.30. The first-order chi connectivity index (χ1) is 5.09. The van der Waals surface area contributed by atoms with E-state index in [4.69, 9.17) is 5.11 Å². The minimum Gasteiger partial charge on any atom is -0.481 e. The highest BCUT2D eigenvalue weighted by atomic mass is 16.4. The van der Waals surface area contributed by atoms with Crippen molar-refractivity contribution in [2.45, 2.75) is 6.92 Å². The zero-order valence-corrected chi connectivity index (χ0v) is 6.58. The summed E-state index contributed by atoms with van der Waals surface area (Å²) in [5.74, 6) is -1.38. The molecule has 0 bridgehead atoms. The first-order valence-electron chi connectivity index (χ1n) is 3.30. The van der Waals surface area contributed by atoms with Gasteiger partial charge >= 0.3 is 5.97 Å². The van der Waals surface area contributed by atoms with Crippen LogP contribution in [0, 0.1) is 5.92 Å². The second-order valence-corrected chi connectivity index (χ2v) is 2.23. The number of rotatable bonds is 4. The van der Waals surface area contributed by atoms with Gasteiger partial charge in [-0.25, -0.2) is 0 Å². The monoisotopic (exact) mass is 152 g/mol. The lowest BCUT2D eigenvalue weighted by molar-refractivity contribution is -0.139. The second-order valence-electron chi connectivity index (χ2n) is 2.23. The van der Waals surface area contributed by atoms with Gasteiger partial charge in [0.2, 0.25) is 0 Å². The van der Waals surface area contributed by atoms with E-state index < -0.39 is 11.9 Å². The fourth-order valence-corrected chi connectivity index (χ4v) is 0.495. The molecule has 0 fully saturated rings. The van der Waals surface area contributed by atoms with Crippen molar-refractivity contribution >= 4 is 5.97 Å². The van der Waals surface area contributed by atoms with Crippen LogP contribution in [-0.2, 0) is 4.79 Å². The third-order valence-corrected chi connectivity index (χ3v) is 1.37. The minimum absolute atomic E-state index is 0.522. The number of hydrogen-bond acceptors (Lipinski definition) is 1.